The number of esters is 2. The molecule has 1 aliphatic carbocycles. The molecule has 1 atom stereocenters. The monoisotopic (exact) mass is 316 g/mol. The second-order valence-electron chi connectivity index (χ2n) is 5.85. The van der Waals surface area contributed by atoms with Crippen molar-refractivity contribution in [1.29, 1.82) is 0 Å². The molecule has 0 saturated heterocycles. The van der Waals surface area contributed by atoms with E-state index in [4.69, 9.17) is 9.47 Å². The van der Waals surface area contributed by atoms with Gasteiger partial charge >= 0.3 is 11.9 Å². The maximum atomic E-state index is 12.5. The predicted octanol–water partition coefficient (Wildman–Crippen LogP) is 3.61. The van der Waals surface area contributed by atoms with Gasteiger partial charge in [0.15, 0.2) is 0 Å². The van der Waals surface area contributed by atoms with Crippen LogP contribution in [0.15, 0.2) is 11.6 Å². The van der Waals surface area contributed by atoms with Crippen molar-refractivity contribution in [2.24, 2.45) is 0 Å². The van der Waals surface area contributed by atoms with E-state index >= 15 is 0 Å². The highest BCUT2D eigenvalue weighted by Crippen LogP contribution is 2.45. The summed E-state index contributed by atoms with van der Waals surface area (Å²) >= 11 is 0. The summed E-state index contributed by atoms with van der Waals surface area (Å²) in [6.45, 7) is 12.1. The number of carbonyl (C=O) groups excluding carboxylic acids is 2. The summed E-state index contributed by atoms with van der Waals surface area (Å²) in [6, 6.07) is 2.00. The summed E-state index contributed by atoms with van der Waals surface area (Å²) < 4.78 is 10.4. The first-order chi connectivity index (χ1) is 10.8. The molecule has 0 aromatic heterocycles. The summed E-state index contributed by atoms with van der Waals surface area (Å²) in [5.41, 5.74) is 6.44. The normalized spacial score (nSPS) is 16.3. The topological polar surface area (TPSA) is 52.6 Å². The van der Waals surface area contributed by atoms with Gasteiger partial charge in [-0.25, -0.2) is 4.79 Å². The summed E-state index contributed by atoms with van der Waals surface area (Å²) in [5.74, 6) is -1.52. The smallest absolute Gasteiger partial charge is 0.335 e. The van der Waals surface area contributed by atoms with E-state index in [0.717, 1.165) is 27.8 Å². The average molecular weight is 316 g/mol. The number of ether oxygens (including phenoxy) is 2. The number of allylic oxidation sites excluding steroid dienone is 1. The molecule has 0 heterocycles. The van der Waals surface area contributed by atoms with Crippen molar-refractivity contribution in [3.05, 3.63) is 39.5 Å². The molecule has 0 radical (unpaired) electrons. The second kappa shape index (κ2) is 6.57. The van der Waals surface area contributed by atoms with Crippen molar-refractivity contribution in [2.75, 3.05) is 13.2 Å². The molecular weight excluding hydrogens is 292 g/mol. The third-order valence-corrected chi connectivity index (χ3v) is 4.59. The Hall–Kier alpha value is -2.10. The minimum atomic E-state index is -0.693. The van der Waals surface area contributed by atoms with Crippen molar-refractivity contribution < 1.29 is 19.1 Å². The largest absolute Gasteiger partial charge is 0.465 e. The molecule has 4 nitrogen and oxygen atoms in total. The van der Waals surface area contributed by atoms with Crippen LogP contribution in [0.3, 0.4) is 0 Å². The number of fused-ring (bicyclic) bond motifs is 1. The molecule has 2 rings (SSSR count). The molecule has 0 amide bonds. The standard InChI is InChI=1S/C19H24O4/c1-7-22-18(20)16-13(6)15-12(5)11(4)10(3)9-14(15)17(16)19(21)23-8-2/h9,17H,7-8H2,1-6H3. The Morgan fingerprint density at radius 2 is 1.61 bits per heavy atom. The summed E-state index contributed by atoms with van der Waals surface area (Å²) in [7, 11) is 0. The van der Waals surface area contributed by atoms with Gasteiger partial charge in [-0.2, -0.15) is 0 Å². The molecule has 0 fully saturated rings. The number of rotatable bonds is 4. The lowest BCUT2D eigenvalue weighted by Gasteiger charge is -2.17. The SMILES string of the molecule is CCOC(=O)C1=C(C)c2c(cc(C)c(C)c2C)C1C(=O)OCC. The van der Waals surface area contributed by atoms with Gasteiger partial charge in [0.05, 0.1) is 18.8 Å². The zero-order valence-corrected chi connectivity index (χ0v) is 14.7. The summed E-state index contributed by atoms with van der Waals surface area (Å²) in [6.07, 6.45) is 0. The van der Waals surface area contributed by atoms with Gasteiger partial charge in [-0.05, 0) is 74.9 Å². The van der Waals surface area contributed by atoms with Crippen LogP contribution in [-0.2, 0) is 19.1 Å². The fourth-order valence-corrected chi connectivity index (χ4v) is 3.30. The highest BCUT2D eigenvalue weighted by Gasteiger charge is 2.41. The molecule has 4 heteroatoms. The Morgan fingerprint density at radius 1 is 1.00 bits per heavy atom. The average Bonchev–Trinajstić information content (AvgIpc) is 2.78. The Balaban J connectivity index is 2.69. The zero-order chi connectivity index (χ0) is 17.3. The fourth-order valence-electron chi connectivity index (χ4n) is 3.30. The molecule has 23 heavy (non-hydrogen) atoms. The van der Waals surface area contributed by atoms with Crippen molar-refractivity contribution in [1.82, 2.24) is 0 Å². The van der Waals surface area contributed by atoms with Crippen LogP contribution in [0.2, 0.25) is 0 Å². The quantitative estimate of drug-likeness (QED) is 0.796. The number of carbonyl (C=O) groups is 2. The van der Waals surface area contributed by atoms with Gasteiger partial charge in [0, 0.05) is 0 Å². The van der Waals surface area contributed by atoms with Crippen LogP contribution in [0.1, 0.15) is 54.5 Å². The third kappa shape index (κ3) is 2.78. The molecule has 0 aliphatic heterocycles. The predicted molar refractivity (Wildman–Crippen MR) is 89.3 cm³/mol. The minimum Gasteiger partial charge on any atom is -0.465 e. The zero-order valence-electron chi connectivity index (χ0n) is 14.7. The van der Waals surface area contributed by atoms with E-state index < -0.39 is 17.9 Å². The van der Waals surface area contributed by atoms with E-state index in [0.29, 0.717) is 5.57 Å². The Morgan fingerprint density at radius 3 is 2.17 bits per heavy atom. The maximum Gasteiger partial charge on any atom is 0.335 e. The van der Waals surface area contributed by atoms with Crippen molar-refractivity contribution >= 4 is 17.5 Å². The van der Waals surface area contributed by atoms with E-state index in [1.165, 1.54) is 5.56 Å². The molecule has 0 saturated carbocycles. The van der Waals surface area contributed by atoms with Crippen LogP contribution in [0.5, 0.6) is 0 Å². The first-order valence-corrected chi connectivity index (χ1v) is 8.00. The van der Waals surface area contributed by atoms with Crippen LogP contribution >= 0.6 is 0 Å². The van der Waals surface area contributed by atoms with Gasteiger partial charge in [-0.15, -0.1) is 0 Å². The van der Waals surface area contributed by atoms with Crippen LogP contribution < -0.4 is 0 Å². The number of benzene rings is 1. The van der Waals surface area contributed by atoms with Gasteiger partial charge in [0.1, 0.15) is 5.92 Å². The summed E-state index contributed by atoms with van der Waals surface area (Å²) in [5, 5.41) is 0. The lowest BCUT2D eigenvalue weighted by molar-refractivity contribution is -0.147. The molecule has 0 spiro atoms. The molecule has 124 valence electrons. The van der Waals surface area contributed by atoms with Gasteiger partial charge in [0.2, 0.25) is 0 Å². The van der Waals surface area contributed by atoms with E-state index in [2.05, 4.69) is 6.92 Å². The van der Waals surface area contributed by atoms with Gasteiger partial charge < -0.3 is 9.47 Å². The first kappa shape index (κ1) is 17.3. The lowest BCUT2D eigenvalue weighted by Crippen LogP contribution is -2.22. The second-order valence-corrected chi connectivity index (χ2v) is 5.85. The molecule has 1 aromatic carbocycles. The van der Waals surface area contributed by atoms with E-state index in [9.17, 15) is 9.59 Å². The van der Waals surface area contributed by atoms with E-state index in [1.54, 1.807) is 13.8 Å². The van der Waals surface area contributed by atoms with E-state index in [1.807, 2.05) is 26.8 Å². The van der Waals surface area contributed by atoms with Crippen LogP contribution in [0.4, 0.5) is 0 Å². The molecule has 1 aliphatic rings. The molecule has 1 aromatic rings. The number of aryl methyl sites for hydroxylation is 1. The lowest BCUT2D eigenvalue weighted by atomic mass is 9.89. The first-order valence-electron chi connectivity index (χ1n) is 8.00. The Labute approximate surface area is 137 Å². The third-order valence-electron chi connectivity index (χ3n) is 4.59. The Bertz CT molecular complexity index is 698. The number of hydrogen-bond donors (Lipinski definition) is 0. The highest BCUT2D eigenvalue weighted by molar-refractivity contribution is 6.09. The summed E-state index contributed by atoms with van der Waals surface area (Å²) in [4.78, 5) is 25.0. The molecule has 0 bridgehead atoms. The van der Waals surface area contributed by atoms with Crippen molar-refractivity contribution in [2.45, 2.75) is 47.5 Å². The minimum absolute atomic E-state index is 0.276. The number of hydrogen-bond acceptors (Lipinski definition) is 4. The Kier molecular flexibility index (Phi) is 4.93. The van der Waals surface area contributed by atoms with Crippen molar-refractivity contribution in [3.63, 3.8) is 0 Å². The fraction of sp³-hybridized carbons (Fsp3) is 0.474. The van der Waals surface area contributed by atoms with Crippen molar-refractivity contribution in [3.8, 4) is 0 Å². The van der Waals surface area contributed by atoms with Gasteiger partial charge in [0.25, 0.3) is 0 Å². The molecular formula is C19H24O4. The maximum absolute atomic E-state index is 12.5. The van der Waals surface area contributed by atoms with Crippen LogP contribution in [0, 0.1) is 20.8 Å². The molecule has 0 N–H and O–H groups in total. The van der Waals surface area contributed by atoms with E-state index in [-0.39, 0.29) is 13.2 Å². The van der Waals surface area contributed by atoms with Gasteiger partial charge in [-0.1, -0.05) is 6.07 Å². The van der Waals surface area contributed by atoms with Crippen LogP contribution in [-0.4, -0.2) is 25.2 Å². The van der Waals surface area contributed by atoms with Gasteiger partial charge in [-0.3, -0.25) is 4.79 Å². The highest BCUT2D eigenvalue weighted by atomic mass is 16.5. The van der Waals surface area contributed by atoms with Crippen LogP contribution in [0.25, 0.3) is 5.57 Å². The molecule has 1 unspecified atom stereocenters.